The number of hydrogen-bond acceptors (Lipinski definition) is 5. The van der Waals surface area contributed by atoms with Crippen LogP contribution in [0.4, 0.5) is 5.00 Å². The van der Waals surface area contributed by atoms with Gasteiger partial charge in [0.05, 0.1) is 29.0 Å². The van der Waals surface area contributed by atoms with Crippen molar-refractivity contribution >= 4 is 43.8 Å². The summed E-state index contributed by atoms with van der Waals surface area (Å²) in [7, 11) is 0. The smallest absolute Gasteiger partial charge is 0.221 e. The molecule has 1 aromatic carbocycles. The van der Waals surface area contributed by atoms with Crippen LogP contribution in [-0.2, 0) is 22.6 Å². The Morgan fingerprint density at radius 1 is 1.32 bits per heavy atom. The fraction of sp³-hybridized carbons (Fsp3) is 0.250. The van der Waals surface area contributed by atoms with E-state index in [1.807, 2.05) is 18.2 Å². The third kappa shape index (κ3) is 2.33. The van der Waals surface area contributed by atoms with Gasteiger partial charge < -0.3 is 10.1 Å². The van der Waals surface area contributed by atoms with E-state index in [2.05, 4.69) is 11.4 Å². The van der Waals surface area contributed by atoms with Crippen molar-refractivity contribution in [2.45, 2.75) is 20.0 Å². The maximum atomic E-state index is 11.5. The lowest BCUT2D eigenvalue weighted by atomic mass is 10.1. The third-order valence-corrected chi connectivity index (χ3v) is 5.87. The molecule has 0 saturated heterocycles. The highest BCUT2D eigenvalue weighted by molar-refractivity contribution is 7.22. The molecule has 0 unspecified atom stereocenters. The second-order valence-electron chi connectivity index (χ2n) is 5.18. The molecule has 4 rings (SSSR count). The SMILES string of the molecule is CC(=O)Nc1sc2c(c1-c1nc3ccccc3s1)COCC2. The summed E-state index contributed by atoms with van der Waals surface area (Å²) >= 11 is 3.31. The number of carbonyl (C=O) groups excluding carboxylic acids is 1. The molecular formula is C16H14N2O2S2. The van der Waals surface area contributed by atoms with Gasteiger partial charge in [0, 0.05) is 23.8 Å². The number of fused-ring (bicyclic) bond motifs is 2. The monoisotopic (exact) mass is 330 g/mol. The molecule has 0 aliphatic carbocycles. The van der Waals surface area contributed by atoms with E-state index < -0.39 is 0 Å². The molecule has 0 spiro atoms. The van der Waals surface area contributed by atoms with Crippen LogP contribution in [0.1, 0.15) is 17.4 Å². The van der Waals surface area contributed by atoms with Crippen molar-refractivity contribution in [3.8, 4) is 10.6 Å². The molecule has 112 valence electrons. The van der Waals surface area contributed by atoms with Crippen LogP contribution in [-0.4, -0.2) is 17.5 Å². The van der Waals surface area contributed by atoms with Gasteiger partial charge in [-0.25, -0.2) is 4.98 Å². The van der Waals surface area contributed by atoms with Crippen LogP contribution in [0.5, 0.6) is 0 Å². The van der Waals surface area contributed by atoms with Crippen LogP contribution in [0.3, 0.4) is 0 Å². The highest BCUT2D eigenvalue weighted by Gasteiger charge is 2.25. The summed E-state index contributed by atoms with van der Waals surface area (Å²) < 4.78 is 6.78. The second-order valence-corrected chi connectivity index (χ2v) is 7.31. The second kappa shape index (κ2) is 5.46. The van der Waals surface area contributed by atoms with Gasteiger partial charge in [0.1, 0.15) is 10.0 Å². The van der Waals surface area contributed by atoms with Crippen molar-refractivity contribution in [2.24, 2.45) is 0 Å². The largest absolute Gasteiger partial charge is 0.376 e. The van der Waals surface area contributed by atoms with Gasteiger partial charge in [-0.05, 0) is 12.1 Å². The van der Waals surface area contributed by atoms with Crippen molar-refractivity contribution in [1.82, 2.24) is 4.98 Å². The Labute approximate surface area is 135 Å². The van der Waals surface area contributed by atoms with Gasteiger partial charge in [-0.15, -0.1) is 22.7 Å². The van der Waals surface area contributed by atoms with Crippen LogP contribution in [0, 0.1) is 0 Å². The number of para-hydroxylation sites is 1. The van der Waals surface area contributed by atoms with Gasteiger partial charge in [-0.3, -0.25) is 4.79 Å². The predicted octanol–water partition coefficient (Wildman–Crippen LogP) is 4.06. The third-order valence-electron chi connectivity index (χ3n) is 3.61. The number of thiophene rings is 1. The van der Waals surface area contributed by atoms with E-state index in [0.29, 0.717) is 6.61 Å². The van der Waals surface area contributed by atoms with Crippen molar-refractivity contribution in [3.63, 3.8) is 0 Å². The van der Waals surface area contributed by atoms with Crippen LogP contribution < -0.4 is 5.32 Å². The Morgan fingerprint density at radius 2 is 2.18 bits per heavy atom. The first-order valence-electron chi connectivity index (χ1n) is 7.08. The molecule has 6 heteroatoms. The average molecular weight is 330 g/mol. The molecule has 0 bridgehead atoms. The number of thiazole rings is 1. The summed E-state index contributed by atoms with van der Waals surface area (Å²) in [4.78, 5) is 17.6. The topological polar surface area (TPSA) is 51.2 Å². The van der Waals surface area contributed by atoms with E-state index in [-0.39, 0.29) is 5.91 Å². The van der Waals surface area contributed by atoms with E-state index >= 15 is 0 Å². The minimum Gasteiger partial charge on any atom is -0.376 e. The highest BCUT2D eigenvalue weighted by atomic mass is 32.1. The molecule has 1 amide bonds. The van der Waals surface area contributed by atoms with Gasteiger partial charge >= 0.3 is 0 Å². The lowest BCUT2D eigenvalue weighted by Gasteiger charge is -2.12. The minimum atomic E-state index is -0.0538. The molecule has 1 aliphatic rings. The van der Waals surface area contributed by atoms with E-state index in [1.165, 1.54) is 17.4 Å². The summed E-state index contributed by atoms with van der Waals surface area (Å²) in [6, 6.07) is 8.10. The number of rotatable bonds is 2. The molecule has 3 aromatic rings. The molecular weight excluding hydrogens is 316 g/mol. The maximum Gasteiger partial charge on any atom is 0.221 e. The Bertz CT molecular complexity index is 833. The van der Waals surface area contributed by atoms with Crippen LogP contribution in [0.2, 0.25) is 0 Å². The van der Waals surface area contributed by atoms with Gasteiger partial charge in [0.2, 0.25) is 5.91 Å². The van der Waals surface area contributed by atoms with Gasteiger partial charge in [-0.2, -0.15) is 0 Å². The molecule has 4 nitrogen and oxygen atoms in total. The lowest BCUT2D eigenvalue weighted by molar-refractivity contribution is -0.114. The van der Waals surface area contributed by atoms with E-state index in [0.717, 1.165) is 38.8 Å². The van der Waals surface area contributed by atoms with Crippen LogP contribution >= 0.6 is 22.7 Å². The number of anilines is 1. The fourth-order valence-corrected chi connectivity index (χ4v) is 5.00. The summed E-state index contributed by atoms with van der Waals surface area (Å²) in [6.07, 6.45) is 0.900. The first-order valence-corrected chi connectivity index (χ1v) is 8.71. The quantitative estimate of drug-likeness (QED) is 0.771. The van der Waals surface area contributed by atoms with Crippen molar-refractivity contribution in [1.29, 1.82) is 0 Å². The lowest BCUT2D eigenvalue weighted by Crippen LogP contribution is -2.08. The Balaban J connectivity index is 1.91. The molecule has 0 radical (unpaired) electrons. The first-order chi connectivity index (χ1) is 10.7. The molecule has 0 atom stereocenters. The summed E-state index contributed by atoms with van der Waals surface area (Å²) in [6.45, 7) is 2.88. The minimum absolute atomic E-state index is 0.0538. The fourth-order valence-electron chi connectivity index (χ4n) is 2.66. The molecule has 3 heterocycles. The Kier molecular flexibility index (Phi) is 3.44. The number of amides is 1. The number of hydrogen-bond donors (Lipinski definition) is 1. The van der Waals surface area contributed by atoms with Gasteiger partial charge in [-0.1, -0.05) is 12.1 Å². The maximum absolute atomic E-state index is 11.5. The summed E-state index contributed by atoms with van der Waals surface area (Å²) in [5.74, 6) is -0.0538. The zero-order valence-corrected chi connectivity index (χ0v) is 13.6. The van der Waals surface area contributed by atoms with Crippen LogP contribution in [0.15, 0.2) is 24.3 Å². The van der Waals surface area contributed by atoms with Crippen molar-refractivity contribution < 1.29 is 9.53 Å². The molecule has 0 fully saturated rings. The van der Waals surface area contributed by atoms with Crippen molar-refractivity contribution in [3.05, 3.63) is 34.7 Å². The Morgan fingerprint density at radius 3 is 3.00 bits per heavy atom. The highest BCUT2D eigenvalue weighted by Crippen LogP contribution is 2.45. The zero-order chi connectivity index (χ0) is 15.1. The number of aromatic nitrogens is 1. The number of nitrogens with one attached hydrogen (secondary N) is 1. The normalized spacial score (nSPS) is 14.0. The zero-order valence-electron chi connectivity index (χ0n) is 12.0. The summed E-state index contributed by atoms with van der Waals surface area (Å²) in [5, 5.41) is 4.81. The molecule has 1 N–H and O–H groups in total. The van der Waals surface area contributed by atoms with E-state index in [4.69, 9.17) is 9.72 Å². The average Bonchev–Trinajstić information content (AvgIpc) is 3.06. The number of benzene rings is 1. The first kappa shape index (κ1) is 13.9. The molecule has 2 aromatic heterocycles. The van der Waals surface area contributed by atoms with E-state index in [1.54, 1.807) is 22.7 Å². The number of carbonyl (C=O) groups is 1. The standard InChI is InChI=1S/C16H14N2O2S2/c1-9(19)17-15-14(10-8-20-7-6-12(10)21-15)16-18-11-4-2-3-5-13(11)22-16/h2-5H,6-8H2,1H3,(H,17,19). The van der Waals surface area contributed by atoms with Gasteiger partial charge in [0.15, 0.2) is 0 Å². The number of nitrogens with zero attached hydrogens (tertiary/aromatic N) is 1. The van der Waals surface area contributed by atoms with Crippen LogP contribution in [0.25, 0.3) is 20.8 Å². The van der Waals surface area contributed by atoms with Gasteiger partial charge in [0.25, 0.3) is 0 Å². The van der Waals surface area contributed by atoms with E-state index in [9.17, 15) is 4.79 Å². The Hall–Kier alpha value is -1.76. The van der Waals surface area contributed by atoms with Crippen molar-refractivity contribution in [2.75, 3.05) is 11.9 Å². The predicted molar refractivity (Wildman–Crippen MR) is 90.6 cm³/mol. The summed E-state index contributed by atoms with van der Waals surface area (Å²) in [5.41, 5.74) is 3.21. The number of ether oxygens (including phenoxy) is 1. The molecule has 22 heavy (non-hydrogen) atoms. The molecule has 0 saturated carbocycles. The molecule has 1 aliphatic heterocycles.